The molecule has 9 heteroatoms. The molecule has 3 aromatic rings. The minimum Gasteiger partial charge on any atom is -0.462 e. The van der Waals surface area contributed by atoms with Crippen LogP contribution in [-0.4, -0.2) is 38.7 Å². The summed E-state index contributed by atoms with van der Waals surface area (Å²) in [6, 6.07) is 9.47. The number of amides is 1. The van der Waals surface area contributed by atoms with Gasteiger partial charge in [-0.05, 0) is 37.6 Å². The topological polar surface area (TPSA) is 99.0 Å². The van der Waals surface area contributed by atoms with E-state index in [1.54, 1.807) is 19.9 Å². The molecular formula is C18H19N5O3S. The van der Waals surface area contributed by atoms with Crippen molar-refractivity contribution >= 4 is 28.2 Å². The molecule has 1 N–H and O–H groups in total. The van der Waals surface area contributed by atoms with Gasteiger partial charge in [0.15, 0.2) is 0 Å². The number of hydrogen-bond acceptors (Lipinski definition) is 7. The van der Waals surface area contributed by atoms with Crippen molar-refractivity contribution in [1.82, 2.24) is 20.2 Å². The molecule has 0 unspecified atom stereocenters. The zero-order valence-electron chi connectivity index (χ0n) is 15.2. The summed E-state index contributed by atoms with van der Waals surface area (Å²) in [4.78, 5) is 25.8. The zero-order chi connectivity index (χ0) is 19.4. The molecule has 0 saturated heterocycles. The fraction of sp³-hybridized carbons (Fsp3) is 0.278. The van der Waals surface area contributed by atoms with Crippen LogP contribution in [0, 0.1) is 13.8 Å². The third kappa shape index (κ3) is 4.56. The Balaban J connectivity index is 1.64. The Bertz CT molecular complexity index is 962. The second-order valence-electron chi connectivity index (χ2n) is 5.90. The monoisotopic (exact) mass is 385 g/mol. The SMILES string of the molecule is CCOC(=O)c1sc(NC(=O)Cn2nnc(-c3ccc(C)cc3)n2)cc1C. The van der Waals surface area contributed by atoms with Gasteiger partial charge in [0.2, 0.25) is 11.7 Å². The van der Waals surface area contributed by atoms with Crippen molar-refractivity contribution in [2.45, 2.75) is 27.3 Å². The lowest BCUT2D eigenvalue weighted by Crippen LogP contribution is -2.20. The van der Waals surface area contributed by atoms with Crippen LogP contribution in [0.15, 0.2) is 30.3 Å². The van der Waals surface area contributed by atoms with Crippen LogP contribution in [0.1, 0.15) is 27.7 Å². The molecule has 0 spiro atoms. The lowest BCUT2D eigenvalue weighted by molar-refractivity contribution is -0.117. The van der Waals surface area contributed by atoms with E-state index in [2.05, 4.69) is 20.7 Å². The van der Waals surface area contributed by atoms with Crippen LogP contribution in [0.3, 0.4) is 0 Å². The minimum absolute atomic E-state index is 0.0788. The van der Waals surface area contributed by atoms with Gasteiger partial charge in [-0.15, -0.1) is 21.5 Å². The smallest absolute Gasteiger partial charge is 0.348 e. The van der Waals surface area contributed by atoms with Crippen molar-refractivity contribution in [3.8, 4) is 11.4 Å². The van der Waals surface area contributed by atoms with E-state index in [-0.39, 0.29) is 18.4 Å². The number of thiophene rings is 1. The summed E-state index contributed by atoms with van der Waals surface area (Å²) in [5.41, 5.74) is 2.73. The third-order valence-corrected chi connectivity index (χ3v) is 4.82. The van der Waals surface area contributed by atoms with E-state index < -0.39 is 0 Å². The van der Waals surface area contributed by atoms with Crippen LogP contribution in [0.25, 0.3) is 11.4 Å². The van der Waals surface area contributed by atoms with E-state index in [0.29, 0.717) is 22.3 Å². The molecule has 2 heterocycles. The molecule has 1 amide bonds. The number of tetrazole rings is 1. The Kier molecular flexibility index (Phi) is 5.60. The number of hydrogen-bond donors (Lipinski definition) is 1. The fourth-order valence-electron chi connectivity index (χ4n) is 2.38. The van der Waals surface area contributed by atoms with Gasteiger partial charge >= 0.3 is 5.97 Å². The van der Waals surface area contributed by atoms with Crippen molar-refractivity contribution in [2.24, 2.45) is 0 Å². The van der Waals surface area contributed by atoms with Gasteiger partial charge in [-0.1, -0.05) is 29.8 Å². The number of aryl methyl sites for hydroxylation is 2. The first-order valence-electron chi connectivity index (χ1n) is 8.38. The average molecular weight is 385 g/mol. The normalized spacial score (nSPS) is 10.6. The van der Waals surface area contributed by atoms with E-state index in [1.165, 1.54) is 16.1 Å². The molecule has 27 heavy (non-hydrogen) atoms. The summed E-state index contributed by atoms with van der Waals surface area (Å²) >= 11 is 1.18. The van der Waals surface area contributed by atoms with Gasteiger partial charge in [0, 0.05) is 5.56 Å². The van der Waals surface area contributed by atoms with Crippen molar-refractivity contribution in [3.63, 3.8) is 0 Å². The number of carbonyl (C=O) groups is 2. The Morgan fingerprint density at radius 1 is 1.22 bits per heavy atom. The molecule has 0 aliphatic rings. The van der Waals surface area contributed by atoms with Gasteiger partial charge in [0.25, 0.3) is 0 Å². The first-order chi connectivity index (χ1) is 13.0. The third-order valence-electron chi connectivity index (χ3n) is 3.69. The molecule has 0 saturated carbocycles. The number of esters is 1. The van der Waals surface area contributed by atoms with Crippen molar-refractivity contribution in [1.29, 1.82) is 0 Å². The first-order valence-corrected chi connectivity index (χ1v) is 9.20. The highest BCUT2D eigenvalue weighted by Gasteiger charge is 2.16. The van der Waals surface area contributed by atoms with Crippen LogP contribution in [0.2, 0.25) is 0 Å². The number of ether oxygens (including phenoxy) is 1. The van der Waals surface area contributed by atoms with Gasteiger partial charge in [-0.2, -0.15) is 4.80 Å². The number of rotatable bonds is 6. The summed E-state index contributed by atoms with van der Waals surface area (Å²) in [6.07, 6.45) is 0. The zero-order valence-corrected chi connectivity index (χ0v) is 16.0. The minimum atomic E-state index is -0.388. The number of benzene rings is 1. The number of nitrogens with zero attached hydrogens (tertiary/aromatic N) is 4. The van der Waals surface area contributed by atoms with Gasteiger partial charge in [-0.25, -0.2) is 4.79 Å². The predicted octanol–water partition coefficient (Wildman–Crippen LogP) is 2.83. The number of anilines is 1. The van der Waals surface area contributed by atoms with E-state index in [4.69, 9.17) is 4.74 Å². The Morgan fingerprint density at radius 2 is 1.96 bits per heavy atom. The molecule has 0 aliphatic heterocycles. The average Bonchev–Trinajstić information content (AvgIpc) is 3.22. The molecule has 0 atom stereocenters. The molecule has 0 bridgehead atoms. The second kappa shape index (κ2) is 8.09. The molecule has 0 fully saturated rings. The molecule has 8 nitrogen and oxygen atoms in total. The summed E-state index contributed by atoms with van der Waals surface area (Å²) < 4.78 is 5.00. The van der Waals surface area contributed by atoms with Gasteiger partial charge < -0.3 is 10.1 Å². The van der Waals surface area contributed by atoms with Crippen LogP contribution < -0.4 is 5.32 Å². The molecule has 3 rings (SSSR count). The molecular weight excluding hydrogens is 366 g/mol. The first kappa shape index (κ1) is 18.7. The van der Waals surface area contributed by atoms with Crippen LogP contribution in [-0.2, 0) is 16.1 Å². The fourth-order valence-corrected chi connectivity index (χ4v) is 3.36. The second-order valence-corrected chi connectivity index (χ2v) is 6.95. The van der Waals surface area contributed by atoms with Gasteiger partial charge in [-0.3, -0.25) is 4.79 Å². The molecule has 1 aromatic carbocycles. The van der Waals surface area contributed by atoms with Crippen molar-refractivity contribution in [2.75, 3.05) is 11.9 Å². The Labute approximate surface area is 160 Å². The summed E-state index contributed by atoms with van der Waals surface area (Å²) in [7, 11) is 0. The van der Waals surface area contributed by atoms with E-state index in [1.807, 2.05) is 31.2 Å². The van der Waals surface area contributed by atoms with Gasteiger partial charge in [0.05, 0.1) is 11.6 Å². The maximum Gasteiger partial charge on any atom is 0.348 e. The highest BCUT2D eigenvalue weighted by atomic mass is 32.1. The van der Waals surface area contributed by atoms with E-state index in [0.717, 1.165) is 16.7 Å². The summed E-state index contributed by atoms with van der Waals surface area (Å²) in [6.45, 7) is 5.77. The lowest BCUT2D eigenvalue weighted by Gasteiger charge is -2.01. The van der Waals surface area contributed by atoms with Crippen molar-refractivity contribution < 1.29 is 14.3 Å². The maximum atomic E-state index is 12.2. The van der Waals surface area contributed by atoms with E-state index in [9.17, 15) is 9.59 Å². The standard InChI is InChI=1S/C18H19N5O3S/c1-4-26-18(25)16-12(3)9-15(27-16)19-14(24)10-23-21-17(20-22-23)13-7-5-11(2)6-8-13/h5-9H,4,10H2,1-3H3,(H,19,24). The molecule has 140 valence electrons. The van der Waals surface area contributed by atoms with Crippen molar-refractivity contribution in [3.05, 3.63) is 46.3 Å². The highest BCUT2D eigenvalue weighted by molar-refractivity contribution is 7.18. The van der Waals surface area contributed by atoms with Crippen LogP contribution in [0.4, 0.5) is 5.00 Å². The largest absolute Gasteiger partial charge is 0.462 e. The quantitative estimate of drug-likeness (QED) is 0.655. The van der Waals surface area contributed by atoms with Gasteiger partial charge in [0.1, 0.15) is 11.4 Å². The predicted molar refractivity (Wildman–Crippen MR) is 102 cm³/mol. The molecule has 0 radical (unpaired) electrons. The number of aromatic nitrogens is 4. The number of carbonyl (C=O) groups excluding carboxylic acids is 2. The lowest BCUT2D eigenvalue weighted by atomic mass is 10.1. The van der Waals surface area contributed by atoms with Crippen LogP contribution in [0.5, 0.6) is 0 Å². The summed E-state index contributed by atoms with van der Waals surface area (Å²) in [5.74, 6) is -0.236. The Hall–Kier alpha value is -3.07. The summed E-state index contributed by atoms with van der Waals surface area (Å²) in [5, 5.41) is 15.4. The number of nitrogens with one attached hydrogen (secondary N) is 1. The molecule has 0 aliphatic carbocycles. The molecule has 2 aromatic heterocycles. The maximum absolute atomic E-state index is 12.2. The van der Waals surface area contributed by atoms with E-state index >= 15 is 0 Å². The van der Waals surface area contributed by atoms with Crippen LogP contribution >= 0.6 is 11.3 Å². The highest BCUT2D eigenvalue weighted by Crippen LogP contribution is 2.27. The Morgan fingerprint density at radius 3 is 2.67 bits per heavy atom.